The number of halogens is 1. The van der Waals surface area contributed by atoms with Gasteiger partial charge in [0.05, 0.1) is 6.21 Å². The molecule has 0 saturated carbocycles. The van der Waals surface area contributed by atoms with Crippen LogP contribution in [0.15, 0.2) is 58.4 Å². The van der Waals surface area contributed by atoms with Gasteiger partial charge in [0, 0.05) is 22.4 Å². The third-order valence-corrected chi connectivity index (χ3v) is 3.52. The van der Waals surface area contributed by atoms with Crippen molar-refractivity contribution < 1.29 is 0 Å². The molecule has 0 fully saturated rings. The fourth-order valence-electron chi connectivity index (χ4n) is 1.80. The van der Waals surface area contributed by atoms with Crippen LogP contribution < -0.4 is 0 Å². The molecule has 7 heteroatoms. The highest BCUT2D eigenvalue weighted by Gasteiger charge is 2.07. The Labute approximate surface area is 134 Å². The summed E-state index contributed by atoms with van der Waals surface area (Å²) in [6.45, 7) is 0. The van der Waals surface area contributed by atoms with Gasteiger partial charge in [0.2, 0.25) is 4.77 Å². The van der Waals surface area contributed by atoms with Crippen molar-refractivity contribution in [3.63, 3.8) is 0 Å². The van der Waals surface area contributed by atoms with Crippen molar-refractivity contribution in [3.05, 3.63) is 63.6 Å². The molecular formula is C14H10BrN5S. The average molecular weight is 360 g/mol. The number of aromatic amines is 1. The quantitative estimate of drug-likeness (QED) is 0.573. The molecule has 0 bridgehead atoms. The zero-order valence-electron chi connectivity index (χ0n) is 10.8. The Morgan fingerprint density at radius 1 is 1.24 bits per heavy atom. The van der Waals surface area contributed by atoms with Gasteiger partial charge in [-0.15, -0.1) is 0 Å². The van der Waals surface area contributed by atoms with Gasteiger partial charge in [-0.1, -0.05) is 28.1 Å². The molecule has 0 spiro atoms. The zero-order chi connectivity index (χ0) is 14.7. The lowest BCUT2D eigenvalue weighted by molar-refractivity contribution is 0.871. The lowest BCUT2D eigenvalue weighted by atomic mass is 10.2. The third-order valence-electron chi connectivity index (χ3n) is 2.76. The minimum Gasteiger partial charge on any atom is -0.265 e. The average Bonchev–Trinajstić information content (AvgIpc) is 2.87. The number of H-pyrrole nitrogens is 1. The number of aromatic nitrogens is 4. The first-order valence-corrected chi connectivity index (χ1v) is 7.32. The molecule has 0 aliphatic heterocycles. The largest absolute Gasteiger partial charge is 0.265 e. The first-order chi connectivity index (χ1) is 10.2. The topological polar surface area (TPSA) is 58.9 Å². The van der Waals surface area contributed by atoms with Gasteiger partial charge >= 0.3 is 0 Å². The van der Waals surface area contributed by atoms with Gasteiger partial charge < -0.3 is 0 Å². The lowest BCUT2D eigenvalue weighted by Crippen LogP contribution is -1.95. The first-order valence-electron chi connectivity index (χ1n) is 6.12. The van der Waals surface area contributed by atoms with Crippen molar-refractivity contribution >= 4 is 34.4 Å². The standard InChI is InChI=1S/C14H10BrN5S/c15-12-3-1-2-10(8-12)9-17-20-13(18-19-14(20)21)11-4-6-16-7-5-11/h1-9H,(H,19,21)/b17-9-. The Hall–Kier alpha value is -2.12. The Kier molecular flexibility index (Phi) is 4.03. The van der Waals surface area contributed by atoms with E-state index in [1.54, 1.807) is 23.3 Å². The van der Waals surface area contributed by atoms with E-state index in [2.05, 4.69) is 36.2 Å². The molecule has 0 atom stereocenters. The van der Waals surface area contributed by atoms with E-state index in [0.29, 0.717) is 10.6 Å². The summed E-state index contributed by atoms with van der Waals surface area (Å²) < 4.78 is 3.02. The number of benzene rings is 1. The molecule has 0 unspecified atom stereocenters. The van der Waals surface area contributed by atoms with Crippen LogP contribution in [-0.4, -0.2) is 26.1 Å². The van der Waals surface area contributed by atoms with Gasteiger partial charge in [-0.3, -0.25) is 4.98 Å². The number of pyridine rings is 1. The number of rotatable bonds is 3. The van der Waals surface area contributed by atoms with E-state index >= 15 is 0 Å². The third kappa shape index (κ3) is 3.14. The molecule has 3 aromatic rings. The Morgan fingerprint density at radius 3 is 2.81 bits per heavy atom. The number of nitrogens with zero attached hydrogens (tertiary/aromatic N) is 4. The summed E-state index contributed by atoms with van der Waals surface area (Å²) >= 11 is 8.65. The maximum absolute atomic E-state index is 5.22. The van der Waals surface area contributed by atoms with Crippen LogP contribution in [0.3, 0.4) is 0 Å². The second kappa shape index (κ2) is 6.11. The maximum atomic E-state index is 5.22. The molecular weight excluding hydrogens is 350 g/mol. The number of hydrogen-bond acceptors (Lipinski definition) is 4. The molecule has 2 heterocycles. The normalized spacial score (nSPS) is 11.1. The highest BCUT2D eigenvalue weighted by atomic mass is 79.9. The van der Waals surface area contributed by atoms with Crippen LogP contribution in [0.25, 0.3) is 11.4 Å². The van der Waals surface area contributed by atoms with Crippen molar-refractivity contribution in [2.45, 2.75) is 0 Å². The first kappa shape index (κ1) is 13.8. The van der Waals surface area contributed by atoms with E-state index in [9.17, 15) is 0 Å². The van der Waals surface area contributed by atoms with E-state index in [4.69, 9.17) is 12.2 Å². The summed E-state index contributed by atoms with van der Waals surface area (Å²) in [5.74, 6) is 0.647. The molecule has 0 aliphatic carbocycles. The van der Waals surface area contributed by atoms with Crippen LogP contribution >= 0.6 is 28.1 Å². The van der Waals surface area contributed by atoms with Crippen molar-refractivity contribution in [1.82, 2.24) is 19.9 Å². The summed E-state index contributed by atoms with van der Waals surface area (Å²) in [6, 6.07) is 11.6. The molecule has 2 aromatic heterocycles. The number of hydrogen-bond donors (Lipinski definition) is 1. The fourth-order valence-corrected chi connectivity index (χ4v) is 2.39. The van der Waals surface area contributed by atoms with Crippen molar-refractivity contribution in [3.8, 4) is 11.4 Å². The van der Waals surface area contributed by atoms with Crippen LogP contribution in [-0.2, 0) is 0 Å². The molecule has 1 N–H and O–H groups in total. The summed E-state index contributed by atoms with van der Waals surface area (Å²) in [5, 5.41) is 11.4. The fraction of sp³-hybridized carbons (Fsp3) is 0. The smallest absolute Gasteiger partial charge is 0.216 e. The van der Waals surface area contributed by atoms with Crippen LogP contribution in [0.5, 0.6) is 0 Å². The van der Waals surface area contributed by atoms with E-state index in [1.807, 2.05) is 36.4 Å². The molecule has 0 radical (unpaired) electrons. The number of nitrogens with one attached hydrogen (secondary N) is 1. The summed E-state index contributed by atoms with van der Waals surface area (Å²) in [5.41, 5.74) is 1.86. The molecule has 3 rings (SSSR count). The summed E-state index contributed by atoms with van der Waals surface area (Å²) in [6.07, 6.45) is 5.14. The van der Waals surface area contributed by atoms with Crippen molar-refractivity contribution in [2.75, 3.05) is 0 Å². The van der Waals surface area contributed by atoms with E-state index in [0.717, 1.165) is 15.6 Å². The monoisotopic (exact) mass is 359 g/mol. The predicted octanol–water partition coefficient (Wildman–Crippen LogP) is 3.65. The zero-order valence-corrected chi connectivity index (χ0v) is 13.2. The van der Waals surface area contributed by atoms with Crippen molar-refractivity contribution in [1.29, 1.82) is 0 Å². The van der Waals surface area contributed by atoms with E-state index < -0.39 is 0 Å². The summed E-state index contributed by atoms with van der Waals surface area (Å²) in [4.78, 5) is 3.99. The van der Waals surface area contributed by atoms with E-state index in [-0.39, 0.29) is 0 Å². The molecule has 0 aliphatic rings. The van der Waals surface area contributed by atoms with Crippen LogP contribution in [0.2, 0.25) is 0 Å². The molecule has 104 valence electrons. The lowest BCUT2D eigenvalue weighted by Gasteiger charge is -2.00. The van der Waals surface area contributed by atoms with Crippen LogP contribution in [0.1, 0.15) is 5.56 Å². The Balaban J connectivity index is 2.00. The van der Waals surface area contributed by atoms with Crippen LogP contribution in [0.4, 0.5) is 0 Å². The van der Waals surface area contributed by atoms with Gasteiger partial charge in [-0.25, -0.2) is 5.10 Å². The van der Waals surface area contributed by atoms with Gasteiger partial charge in [0.25, 0.3) is 0 Å². The molecule has 0 amide bonds. The van der Waals surface area contributed by atoms with Gasteiger partial charge in [-0.05, 0) is 42.0 Å². The minimum atomic E-state index is 0.438. The molecule has 1 aromatic carbocycles. The second-order valence-electron chi connectivity index (χ2n) is 4.20. The Morgan fingerprint density at radius 2 is 2.05 bits per heavy atom. The highest BCUT2D eigenvalue weighted by molar-refractivity contribution is 9.10. The van der Waals surface area contributed by atoms with Gasteiger partial charge in [0.1, 0.15) is 0 Å². The molecule has 0 saturated heterocycles. The van der Waals surface area contributed by atoms with Crippen molar-refractivity contribution in [2.24, 2.45) is 5.10 Å². The minimum absolute atomic E-state index is 0.438. The highest BCUT2D eigenvalue weighted by Crippen LogP contribution is 2.16. The Bertz CT molecular complexity index is 838. The SMILES string of the molecule is S=c1[nH]nc(-c2ccncc2)n1/N=C\c1cccc(Br)c1. The summed E-state index contributed by atoms with van der Waals surface area (Å²) in [7, 11) is 0. The van der Waals surface area contributed by atoms with Gasteiger partial charge in [-0.2, -0.15) is 14.9 Å². The predicted molar refractivity (Wildman–Crippen MR) is 87.8 cm³/mol. The maximum Gasteiger partial charge on any atom is 0.216 e. The molecule has 5 nitrogen and oxygen atoms in total. The van der Waals surface area contributed by atoms with Gasteiger partial charge in [0.15, 0.2) is 5.82 Å². The van der Waals surface area contributed by atoms with Crippen LogP contribution in [0, 0.1) is 4.77 Å². The van der Waals surface area contributed by atoms with E-state index in [1.165, 1.54) is 0 Å². The molecule has 21 heavy (non-hydrogen) atoms. The second-order valence-corrected chi connectivity index (χ2v) is 5.50.